The summed E-state index contributed by atoms with van der Waals surface area (Å²) in [4.78, 5) is 0. The molecule has 0 saturated heterocycles. The third-order valence-corrected chi connectivity index (χ3v) is 6.14. The van der Waals surface area contributed by atoms with Crippen molar-refractivity contribution in [2.45, 2.75) is 31.8 Å². The van der Waals surface area contributed by atoms with Crippen LogP contribution in [-0.2, 0) is 21.5 Å². The summed E-state index contributed by atoms with van der Waals surface area (Å²) in [5, 5.41) is 4.35. The van der Waals surface area contributed by atoms with Crippen molar-refractivity contribution in [2.24, 2.45) is 5.92 Å². The smallest absolute Gasteiger partial charge is 0.281 e. The fourth-order valence-electron chi connectivity index (χ4n) is 2.73. The van der Waals surface area contributed by atoms with Gasteiger partial charge < -0.3 is 4.74 Å². The van der Waals surface area contributed by atoms with Crippen molar-refractivity contribution in [1.29, 1.82) is 0 Å². The fraction of sp³-hybridized carbons (Fsp3) is 0.786. The molecule has 0 radical (unpaired) electrons. The molecule has 1 saturated carbocycles. The van der Waals surface area contributed by atoms with E-state index in [2.05, 4.69) is 5.10 Å². The topological polar surface area (TPSA) is 67.7 Å². The van der Waals surface area contributed by atoms with E-state index < -0.39 is 10.2 Å². The Morgan fingerprint density at radius 1 is 1.41 bits per heavy atom. The molecule has 0 N–H and O–H groups in total. The van der Waals surface area contributed by atoms with Gasteiger partial charge in [-0.25, -0.2) is 0 Å². The lowest BCUT2D eigenvalue weighted by Gasteiger charge is -2.34. The quantitative estimate of drug-likeness (QED) is 0.696. The number of rotatable bonds is 7. The summed E-state index contributed by atoms with van der Waals surface area (Å²) in [7, 11) is -0.274. The zero-order chi connectivity index (χ0) is 15.7. The molecule has 7 nitrogen and oxygen atoms in total. The minimum absolute atomic E-state index is 0.0349. The van der Waals surface area contributed by atoms with Gasteiger partial charge in [0.1, 0.15) is 0 Å². The highest BCUT2D eigenvalue weighted by atomic mass is 32.2. The molecule has 1 aliphatic carbocycles. The molecule has 1 fully saturated rings. The number of fused-ring (bicyclic) bond motifs is 1. The Hall–Kier alpha value is -0.960. The maximum atomic E-state index is 12.4. The average Bonchev–Trinajstić information content (AvgIpc) is 3.17. The molecular weight excluding hydrogens is 304 g/mol. The molecule has 0 spiro atoms. The van der Waals surface area contributed by atoms with Crippen molar-refractivity contribution < 1.29 is 13.2 Å². The average molecular weight is 328 g/mol. The predicted molar refractivity (Wildman–Crippen MR) is 82.4 cm³/mol. The molecular formula is C14H24N4O3S. The second kappa shape index (κ2) is 6.27. The monoisotopic (exact) mass is 328 g/mol. The summed E-state index contributed by atoms with van der Waals surface area (Å²) >= 11 is 0. The summed E-state index contributed by atoms with van der Waals surface area (Å²) in [6.45, 7) is 2.30. The van der Waals surface area contributed by atoms with Crippen LogP contribution >= 0.6 is 0 Å². The van der Waals surface area contributed by atoms with Crippen LogP contribution in [0.1, 0.15) is 31.0 Å². The standard InChI is InChI=1S/C14H24N4O3S/c1-16(2)22(19,20)17-9-13-5-7-15-18(13)14(10-17)6-8-21-11-12-3-4-12/h5,7,12,14H,3-4,6,8-11H2,1-2H3/t14-/m0/s1. The maximum Gasteiger partial charge on any atom is 0.281 e. The van der Waals surface area contributed by atoms with Gasteiger partial charge in [-0.2, -0.15) is 22.1 Å². The first-order valence-corrected chi connectivity index (χ1v) is 9.16. The van der Waals surface area contributed by atoms with Gasteiger partial charge in [0.25, 0.3) is 10.2 Å². The molecule has 2 heterocycles. The van der Waals surface area contributed by atoms with E-state index in [4.69, 9.17) is 4.74 Å². The zero-order valence-corrected chi connectivity index (χ0v) is 14.0. The van der Waals surface area contributed by atoms with E-state index in [1.54, 1.807) is 20.3 Å². The van der Waals surface area contributed by atoms with Crippen LogP contribution in [0.4, 0.5) is 0 Å². The Bertz CT molecular complexity index is 609. The second-order valence-electron chi connectivity index (χ2n) is 6.31. The normalized spacial score (nSPS) is 23.0. The van der Waals surface area contributed by atoms with E-state index in [1.807, 2.05) is 10.7 Å². The molecule has 8 heteroatoms. The molecule has 1 aromatic heterocycles. The molecule has 1 atom stereocenters. The Balaban J connectivity index is 1.66. The highest BCUT2D eigenvalue weighted by Gasteiger charge is 2.33. The molecule has 1 aromatic rings. The minimum atomic E-state index is -3.40. The van der Waals surface area contributed by atoms with Crippen molar-refractivity contribution in [1.82, 2.24) is 18.4 Å². The van der Waals surface area contributed by atoms with Crippen LogP contribution in [0.15, 0.2) is 12.3 Å². The molecule has 0 bridgehead atoms. The Labute approximate surface area is 132 Å². The fourth-order valence-corrected chi connectivity index (χ4v) is 3.85. The number of nitrogens with zero attached hydrogens (tertiary/aromatic N) is 4. The van der Waals surface area contributed by atoms with Gasteiger partial charge in [0.2, 0.25) is 0 Å². The highest BCUT2D eigenvalue weighted by Crippen LogP contribution is 2.29. The van der Waals surface area contributed by atoms with E-state index in [9.17, 15) is 8.42 Å². The lowest BCUT2D eigenvalue weighted by atomic mass is 10.1. The summed E-state index contributed by atoms with van der Waals surface area (Å²) in [6, 6.07) is 1.92. The third-order valence-electron chi connectivity index (χ3n) is 4.28. The third kappa shape index (κ3) is 3.34. The van der Waals surface area contributed by atoms with Crippen LogP contribution in [0.25, 0.3) is 0 Å². The Kier molecular flexibility index (Phi) is 4.54. The summed E-state index contributed by atoms with van der Waals surface area (Å²) in [6.07, 6.45) is 5.07. The Morgan fingerprint density at radius 2 is 2.18 bits per heavy atom. The number of hydrogen-bond donors (Lipinski definition) is 0. The zero-order valence-electron chi connectivity index (χ0n) is 13.2. The SMILES string of the molecule is CN(C)S(=O)(=O)N1Cc2ccnn2[C@@H](CCOCC2CC2)C1. The van der Waals surface area contributed by atoms with Crippen LogP contribution in [0.5, 0.6) is 0 Å². The van der Waals surface area contributed by atoms with Gasteiger partial charge in [0.05, 0.1) is 18.3 Å². The largest absolute Gasteiger partial charge is 0.381 e. The summed E-state index contributed by atoms with van der Waals surface area (Å²) in [5.41, 5.74) is 0.934. The van der Waals surface area contributed by atoms with Crippen LogP contribution in [0.3, 0.4) is 0 Å². The van der Waals surface area contributed by atoms with Crippen LogP contribution in [-0.4, -0.2) is 60.7 Å². The number of ether oxygens (including phenoxy) is 1. The molecule has 0 aromatic carbocycles. The van der Waals surface area contributed by atoms with Gasteiger partial charge in [0, 0.05) is 40.1 Å². The highest BCUT2D eigenvalue weighted by molar-refractivity contribution is 7.86. The van der Waals surface area contributed by atoms with Gasteiger partial charge >= 0.3 is 0 Å². The molecule has 2 aliphatic rings. The maximum absolute atomic E-state index is 12.4. The molecule has 0 unspecified atom stereocenters. The van der Waals surface area contributed by atoms with Gasteiger partial charge in [-0.15, -0.1) is 0 Å². The van der Waals surface area contributed by atoms with Crippen molar-refractivity contribution in [3.8, 4) is 0 Å². The molecule has 124 valence electrons. The summed E-state index contributed by atoms with van der Waals surface area (Å²) < 4.78 is 35.2. The van der Waals surface area contributed by atoms with Crippen LogP contribution in [0, 0.1) is 5.92 Å². The number of aromatic nitrogens is 2. The molecule has 3 rings (SSSR count). The second-order valence-corrected chi connectivity index (χ2v) is 8.45. The van der Waals surface area contributed by atoms with E-state index >= 15 is 0 Å². The van der Waals surface area contributed by atoms with Crippen molar-refractivity contribution in [2.75, 3.05) is 33.9 Å². The van der Waals surface area contributed by atoms with Crippen LogP contribution in [0.2, 0.25) is 0 Å². The lowest BCUT2D eigenvalue weighted by Crippen LogP contribution is -2.46. The first-order chi connectivity index (χ1) is 10.5. The van der Waals surface area contributed by atoms with Crippen molar-refractivity contribution in [3.05, 3.63) is 18.0 Å². The van der Waals surface area contributed by atoms with Gasteiger partial charge in [-0.05, 0) is 31.2 Å². The van der Waals surface area contributed by atoms with E-state index in [0.29, 0.717) is 19.7 Å². The van der Waals surface area contributed by atoms with Crippen LogP contribution < -0.4 is 0 Å². The van der Waals surface area contributed by atoms with Gasteiger partial charge in [0.15, 0.2) is 0 Å². The Morgan fingerprint density at radius 3 is 2.86 bits per heavy atom. The molecule has 0 amide bonds. The van der Waals surface area contributed by atoms with Crippen molar-refractivity contribution in [3.63, 3.8) is 0 Å². The first kappa shape index (κ1) is 15.9. The number of hydrogen-bond acceptors (Lipinski definition) is 4. The van der Waals surface area contributed by atoms with Crippen molar-refractivity contribution >= 4 is 10.2 Å². The van der Waals surface area contributed by atoms with Gasteiger partial charge in [-0.3, -0.25) is 4.68 Å². The minimum Gasteiger partial charge on any atom is -0.381 e. The lowest BCUT2D eigenvalue weighted by molar-refractivity contribution is 0.102. The molecule has 1 aliphatic heterocycles. The van der Waals surface area contributed by atoms with E-state index in [-0.39, 0.29) is 6.04 Å². The predicted octanol–water partition coefficient (Wildman–Crippen LogP) is 0.863. The van der Waals surface area contributed by atoms with E-state index in [0.717, 1.165) is 24.6 Å². The molecule has 22 heavy (non-hydrogen) atoms. The van der Waals surface area contributed by atoms with E-state index in [1.165, 1.54) is 21.5 Å². The first-order valence-electron chi connectivity index (χ1n) is 7.76. The van der Waals surface area contributed by atoms with Gasteiger partial charge in [-0.1, -0.05) is 0 Å². The summed E-state index contributed by atoms with van der Waals surface area (Å²) in [5.74, 6) is 0.747.